The summed E-state index contributed by atoms with van der Waals surface area (Å²) in [5.41, 5.74) is 0.680. The van der Waals surface area contributed by atoms with Crippen LogP contribution in [-0.4, -0.2) is 38.7 Å². The summed E-state index contributed by atoms with van der Waals surface area (Å²) < 4.78 is 35.7. The number of hydrogen-bond acceptors (Lipinski definition) is 5. The highest BCUT2D eigenvalue weighted by Gasteiger charge is 2.36. The number of rotatable bonds is 8. The lowest BCUT2D eigenvalue weighted by Gasteiger charge is -2.32. The van der Waals surface area contributed by atoms with E-state index in [4.69, 9.17) is 14.6 Å². The lowest BCUT2D eigenvalue weighted by molar-refractivity contribution is 0.0216. The molecule has 0 bridgehead atoms. The molecule has 0 spiro atoms. The van der Waals surface area contributed by atoms with Gasteiger partial charge in [0.15, 0.2) is 5.37 Å². The Morgan fingerprint density at radius 3 is 2.17 bits per heavy atom. The number of sulfonamides is 1. The predicted octanol–water partition coefficient (Wildman–Crippen LogP) is 3.85. The molecular weight excluding hydrogens is 404 g/mol. The Hall–Kier alpha value is -2.58. The number of aryl methyl sites for hydroxylation is 1. The van der Waals surface area contributed by atoms with Crippen molar-refractivity contribution in [3.8, 4) is 5.75 Å². The fourth-order valence-corrected chi connectivity index (χ4v) is 4.12. The quantitative estimate of drug-likeness (QED) is 0.680. The molecule has 1 amide bonds. The first-order valence-electron chi connectivity index (χ1n) is 9.70. The smallest absolute Gasteiger partial charge is 0.411 e. The predicted molar refractivity (Wildman–Crippen MR) is 117 cm³/mol. The minimum Gasteiger partial charge on any atom is -0.497 e. The van der Waals surface area contributed by atoms with E-state index in [0.29, 0.717) is 24.2 Å². The number of carbonyl (C=O) groups excluding carboxylic acids is 1. The molecule has 2 N–H and O–H groups in total. The molecule has 30 heavy (non-hydrogen) atoms. The molecule has 0 aliphatic heterocycles. The fraction of sp³-hybridized carbons (Fsp3) is 0.409. The van der Waals surface area contributed by atoms with Crippen molar-refractivity contribution in [3.05, 3.63) is 65.7 Å². The Labute approximate surface area is 178 Å². The van der Waals surface area contributed by atoms with E-state index < -0.39 is 27.1 Å². The van der Waals surface area contributed by atoms with Gasteiger partial charge in [-0.15, -0.1) is 0 Å². The topological polar surface area (TPSA) is 98.9 Å². The van der Waals surface area contributed by atoms with Crippen LogP contribution in [0.4, 0.5) is 4.79 Å². The monoisotopic (exact) mass is 434 g/mol. The van der Waals surface area contributed by atoms with Crippen LogP contribution in [0.5, 0.6) is 5.75 Å². The SMILES string of the molecule is COc1ccc(C(N(CCCc2ccccc2)C(=O)OC(C)(C)C)S(N)(=O)=O)cc1. The molecular formula is C22H30N2O5S. The van der Waals surface area contributed by atoms with Crippen molar-refractivity contribution in [1.82, 2.24) is 4.90 Å². The maximum atomic E-state index is 12.9. The van der Waals surface area contributed by atoms with Crippen LogP contribution in [0.2, 0.25) is 0 Å². The molecule has 8 heteroatoms. The van der Waals surface area contributed by atoms with Crippen LogP contribution in [0.1, 0.15) is 43.7 Å². The Morgan fingerprint density at radius 2 is 1.67 bits per heavy atom. The summed E-state index contributed by atoms with van der Waals surface area (Å²) in [6.07, 6.45) is 0.497. The van der Waals surface area contributed by atoms with Crippen LogP contribution in [0.3, 0.4) is 0 Å². The van der Waals surface area contributed by atoms with Crippen molar-refractivity contribution < 1.29 is 22.7 Å². The minimum absolute atomic E-state index is 0.164. The first kappa shape index (κ1) is 23.7. The Balaban J connectivity index is 2.34. The molecule has 0 radical (unpaired) electrons. The van der Waals surface area contributed by atoms with Gasteiger partial charge >= 0.3 is 6.09 Å². The van der Waals surface area contributed by atoms with Gasteiger partial charge in [-0.1, -0.05) is 42.5 Å². The lowest BCUT2D eigenvalue weighted by Crippen LogP contribution is -2.44. The van der Waals surface area contributed by atoms with Crippen LogP contribution in [0.15, 0.2) is 54.6 Å². The number of carbonyl (C=O) groups is 1. The molecule has 164 valence electrons. The summed E-state index contributed by atoms with van der Waals surface area (Å²) in [6.45, 7) is 5.35. The van der Waals surface area contributed by atoms with Gasteiger partial charge in [-0.25, -0.2) is 18.4 Å². The van der Waals surface area contributed by atoms with E-state index in [-0.39, 0.29) is 6.54 Å². The second kappa shape index (κ2) is 9.95. The third-order valence-electron chi connectivity index (χ3n) is 4.33. The molecule has 0 heterocycles. The molecule has 0 aliphatic carbocycles. The Bertz CT molecular complexity index is 922. The van der Waals surface area contributed by atoms with E-state index in [2.05, 4.69) is 0 Å². The molecule has 1 atom stereocenters. The second-order valence-corrected chi connectivity index (χ2v) is 9.60. The normalized spacial score (nSPS) is 12.8. The highest BCUT2D eigenvalue weighted by atomic mass is 32.2. The Morgan fingerprint density at radius 1 is 1.07 bits per heavy atom. The average molecular weight is 435 g/mol. The van der Waals surface area contributed by atoms with Crippen molar-refractivity contribution in [2.45, 2.75) is 44.6 Å². The van der Waals surface area contributed by atoms with Gasteiger partial charge in [-0.05, 0) is 56.9 Å². The molecule has 0 fully saturated rings. The van der Waals surface area contributed by atoms with Gasteiger partial charge in [0, 0.05) is 6.54 Å². The largest absolute Gasteiger partial charge is 0.497 e. The van der Waals surface area contributed by atoms with Crippen LogP contribution in [-0.2, 0) is 21.2 Å². The zero-order valence-electron chi connectivity index (χ0n) is 17.9. The number of amides is 1. The zero-order chi connectivity index (χ0) is 22.4. The van der Waals surface area contributed by atoms with Crippen molar-refractivity contribution >= 4 is 16.1 Å². The van der Waals surface area contributed by atoms with Crippen molar-refractivity contribution in [2.75, 3.05) is 13.7 Å². The standard InChI is InChI=1S/C22H30N2O5S/c1-22(2,3)29-21(25)24(16-8-11-17-9-6-5-7-10-17)20(30(23,26)27)18-12-14-19(28-4)15-13-18/h5-7,9-10,12-15,20H,8,11,16H2,1-4H3,(H2,23,26,27). The highest BCUT2D eigenvalue weighted by Crippen LogP contribution is 2.29. The number of ether oxygens (including phenoxy) is 2. The van der Waals surface area contributed by atoms with Crippen molar-refractivity contribution in [3.63, 3.8) is 0 Å². The van der Waals surface area contributed by atoms with Crippen molar-refractivity contribution in [2.24, 2.45) is 5.14 Å². The minimum atomic E-state index is -4.15. The number of methoxy groups -OCH3 is 1. The van der Waals surface area contributed by atoms with E-state index in [1.807, 2.05) is 30.3 Å². The molecule has 0 aliphatic rings. The van der Waals surface area contributed by atoms with Gasteiger partial charge in [0.25, 0.3) is 0 Å². The summed E-state index contributed by atoms with van der Waals surface area (Å²) in [7, 11) is -2.63. The summed E-state index contributed by atoms with van der Waals surface area (Å²) in [6, 6.07) is 16.2. The van der Waals surface area contributed by atoms with Crippen molar-refractivity contribution in [1.29, 1.82) is 0 Å². The number of benzene rings is 2. The molecule has 7 nitrogen and oxygen atoms in total. The van der Waals surface area contributed by atoms with E-state index >= 15 is 0 Å². The molecule has 2 aromatic carbocycles. The maximum Gasteiger partial charge on any atom is 0.411 e. The second-order valence-electron chi connectivity index (χ2n) is 7.98. The van der Waals surface area contributed by atoms with Gasteiger partial charge in [0.1, 0.15) is 11.4 Å². The maximum absolute atomic E-state index is 12.9. The fourth-order valence-electron chi connectivity index (χ4n) is 3.04. The van der Waals surface area contributed by atoms with E-state index in [1.54, 1.807) is 45.0 Å². The van der Waals surface area contributed by atoms with Gasteiger partial charge in [0.05, 0.1) is 7.11 Å². The average Bonchev–Trinajstić information content (AvgIpc) is 2.66. The van der Waals surface area contributed by atoms with Gasteiger partial charge in [-0.2, -0.15) is 0 Å². The summed E-state index contributed by atoms with van der Waals surface area (Å²) >= 11 is 0. The summed E-state index contributed by atoms with van der Waals surface area (Å²) in [5.74, 6) is 0.569. The number of nitrogens with two attached hydrogens (primary N) is 1. The highest BCUT2D eigenvalue weighted by molar-refractivity contribution is 7.89. The molecule has 0 saturated heterocycles. The number of primary sulfonamides is 1. The third-order valence-corrected chi connectivity index (χ3v) is 5.48. The molecule has 2 aromatic rings. The van der Waals surface area contributed by atoms with Crippen LogP contribution in [0.25, 0.3) is 0 Å². The van der Waals surface area contributed by atoms with Gasteiger partial charge in [-0.3, -0.25) is 4.90 Å². The van der Waals surface area contributed by atoms with E-state index in [9.17, 15) is 13.2 Å². The van der Waals surface area contributed by atoms with Crippen LogP contribution < -0.4 is 9.88 Å². The van der Waals surface area contributed by atoms with Crippen LogP contribution in [0, 0.1) is 0 Å². The zero-order valence-corrected chi connectivity index (χ0v) is 18.7. The molecule has 0 aromatic heterocycles. The van der Waals surface area contributed by atoms with E-state index in [1.165, 1.54) is 12.0 Å². The summed E-state index contributed by atoms with van der Waals surface area (Å²) in [4.78, 5) is 14.1. The first-order valence-corrected chi connectivity index (χ1v) is 11.3. The first-order chi connectivity index (χ1) is 14.0. The molecule has 1 unspecified atom stereocenters. The molecule has 0 saturated carbocycles. The molecule has 2 rings (SSSR count). The van der Waals surface area contributed by atoms with E-state index in [0.717, 1.165) is 5.56 Å². The lowest BCUT2D eigenvalue weighted by atomic mass is 10.1. The Kier molecular flexibility index (Phi) is 7.86. The van der Waals surface area contributed by atoms with Crippen LogP contribution >= 0.6 is 0 Å². The number of hydrogen-bond donors (Lipinski definition) is 1. The number of nitrogens with zero attached hydrogens (tertiary/aromatic N) is 1. The third kappa shape index (κ3) is 7.03. The summed E-state index contributed by atoms with van der Waals surface area (Å²) in [5, 5.41) is 4.19. The van der Waals surface area contributed by atoms with Gasteiger partial charge in [0.2, 0.25) is 10.0 Å². The van der Waals surface area contributed by atoms with Gasteiger partial charge < -0.3 is 9.47 Å².